The molecule has 0 aliphatic rings. The number of benzene rings is 1. The second-order valence-corrected chi connectivity index (χ2v) is 5.07. The molecule has 82 valence electrons. The fourth-order valence-corrected chi connectivity index (χ4v) is 1.70. The Morgan fingerprint density at radius 1 is 0.938 bits per heavy atom. The monoisotopic (exact) mass is 211 g/mol. The number of nitrogens with zero attached hydrogens (tertiary/aromatic N) is 1. The zero-order valence-electron chi connectivity index (χ0n) is 10.1. The van der Waals surface area contributed by atoms with Crippen LogP contribution in [0.3, 0.4) is 0 Å². The molecule has 2 rings (SSSR count). The maximum Gasteiger partial charge on any atom is 0.0346 e. The molecule has 1 heterocycles. The van der Waals surface area contributed by atoms with Gasteiger partial charge >= 0.3 is 0 Å². The van der Waals surface area contributed by atoms with Crippen molar-refractivity contribution in [2.24, 2.45) is 0 Å². The molecule has 0 aliphatic heterocycles. The van der Waals surface area contributed by atoms with E-state index in [1.807, 2.05) is 12.3 Å². The molecule has 0 saturated heterocycles. The van der Waals surface area contributed by atoms with Crippen LogP contribution in [0.1, 0.15) is 26.3 Å². The van der Waals surface area contributed by atoms with Crippen LogP contribution in [0.5, 0.6) is 0 Å². The maximum absolute atomic E-state index is 4.15. The van der Waals surface area contributed by atoms with Crippen LogP contribution in [0.4, 0.5) is 0 Å². The average molecular weight is 211 g/mol. The van der Waals surface area contributed by atoms with Crippen molar-refractivity contribution < 1.29 is 0 Å². The lowest BCUT2D eigenvalue weighted by Crippen LogP contribution is -2.10. The molecular weight excluding hydrogens is 194 g/mol. The predicted molar refractivity (Wildman–Crippen MR) is 68.4 cm³/mol. The molecular formula is C15H17N. The van der Waals surface area contributed by atoms with Crippen molar-refractivity contribution in [3.63, 3.8) is 0 Å². The smallest absolute Gasteiger partial charge is 0.0346 e. The lowest BCUT2D eigenvalue weighted by Gasteiger charge is -2.19. The maximum atomic E-state index is 4.15. The minimum Gasteiger partial charge on any atom is -0.264 e. The van der Waals surface area contributed by atoms with Gasteiger partial charge in [-0.25, -0.2) is 0 Å². The van der Waals surface area contributed by atoms with Crippen molar-refractivity contribution in [3.05, 3.63) is 54.4 Å². The molecule has 0 amide bonds. The lowest BCUT2D eigenvalue weighted by molar-refractivity contribution is 0.590. The molecule has 0 radical (unpaired) electrons. The summed E-state index contributed by atoms with van der Waals surface area (Å²) >= 11 is 0. The molecule has 0 saturated carbocycles. The van der Waals surface area contributed by atoms with E-state index in [9.17, 15) is 0 Å². The van der Waals surface area contributed by atoms with Crippen LogP contribution in [0, 0.1) is 0 Å². The second-order valence-electron chi connectivity index (χ2n) is 5.07. The predicted octanol–water partition coefficient (Wildman–Crippen LogP) is 4.05. The van der Waals surface area contributed by atoms with E-state index in [-0.39, 0.29) is 5.41 Å². The summed E-state index contributed by atoms with van der Waals surface area (Å²) in [5.74, 6) is 0. The molecule has 1 nitrogen and oxygen atoms in total. The van der Waals surface area contributed by atoms with E-state index in [0.29, 0.717) is 0 Å². The van der Waals surface area contributed by atoms with Crippen LogP contribution in [-0.4, -0.2) is 4.98 Å². The number of hydrogen-bond acceptors (Lipinski definition) is 1. The summed E-state index contributed by atoms with van der Waals surface area (Å²) in [6.07, 6.45) is 3.71. The number of pyridine rings is 1. The highest BCUT2D eigenvalue weighted by Gasteiger charge is 2.13. The van der Waals surface area contributed by atoms with E-state index in [0.717, 1.165) is 0 Å². The van der Waals surface area contributed by atoms with Crippen LogP contribution in [0.15, 0.2) is 48.8 Å². The van der Waals surface area contributed by atoms with Crippen LogP contribution in [0.25, 0.3) is 11.1 Å². The van der Waals surface area contributed by atoms with E-state index in [1.54, 1.807) is 6.20 Å². The topological polar surface area (TPSA) is 12.9 Å². The third-order valence-corrected chi connectivity index (χ3v) is 2.72. The molecule has 0 aliphatic carbocycles. The van der Waals surface area contributed by atoms with Gasteiger partial charge in [0.05, 0.1) is 0 Å². The molecule has 2 aromatic rings. The summed E-state index contributed by atoms with van der Waals surface area (Å²) < 4.78 is 0. The number of rotatable bonds is 1. The largest absolute Gasteiger partial charge is 0.264 e. The number of hydrogen-bond donors (Lipinski definition) is 0. The molecule has 0 unspecified atom stereocenters. The Morgan fingerprint density at radius 3 is 2.31 bits per heavy atom. The molecule has 1 aromatic carbocycles. The first-order valence-electron chi connectivity index (χ1n) is 5.58. The summed E-state index contributed by atoms with van der Waals surface area (Å²) in [5, 5.41) is 0. The van der Waals surface area contributed by atoms with Crippen LogP contribution in [-0.2, 0) is 5.41 Å². The first-order valence-corrected chi connectivity index (χ1v) is 5.58. The van der Waals surface area contributed by atoms with Crippen LogP contribution in [0.2, 0.25) is 0 Å². The van der Waals surface area contributed by atoms with Crippen molar-refractivity contribution in [2.75, 3.05) is 0 Å². The first kappa shape index (κ1) is 10.9. The van der Waals surface area contributed by atoms with Gasteiger partial charge in [0, 0.05) is 12.4 Å². The van der Waals surface area contributed by atoms with Crippen LogP contribution < -0.4 is 0 Å². The Balaban J connectivity index is 2.45. The van der Waals surface area contributed by atoms with Crippen molar-refractivity contribution >= 4 is 0 Å². The summed E-state index contributed by atoms with van der Waals surface area (Å²) in [5.41, 5.74) is 3.96. The fraction of sp³-hybridized carbons (Fsp3) is 0.267. The normalized spacial score (nSPS) is 11.4. The fourth-order valence-electron chi connectivity index (χ4n) is 1.70. The summed E-state index contributed by atoms with van der Waals surface area (Å²) in [7, 11) is 0. The molecule has 1 heteroatoms. The van der Waals surface area contributed by atoms with E-state index in [2.05, 4.69) is 56.1 Å². The summed E-state index contributed by atoms with van der Waals surface area (Å²) in [6, 6.07) is 12.7. The van der Waals surface area contributed by atoms with Gasteiger partial charge in [-0.15, -0.1) is 0 Å². The van der Waals surface area contributed by atoms with Gasteiger partial charge in [-0.3, -0.25) is 4.98 Å². The van der Waals surface area contributed by atoms with Gasteiger partial charge < -0.3 is 0 Å². The minimum atomic E-state index is 0.193. The highest BCUT2D eigenvalue weighted by atomic mass is 14.6. The van der Waals surface area contributed by atoms with Gasteiger partial charge in [0.2, 0.25) is 0 Å². The molecule has 0 bridgehead atoms. The Kier molecular flexibility index (Phi) is 2.78. The molecule has 0 fully saturated rings. The van der Waals surface area contributed by atoms with Crippen molar-refractivity contribution in [1.82, 2.24) is 4.98 Å². The van der Waals surface area contributed by atoms with Crippen molar-refractivity contribution in [2.45, 2.75) is 26.2 Å². The highest BCUT2D eigenvalue weighted by Crippen LogP contribution is 2.26. The van der Waals surface area contributed by atoms with E-state index in [1.165, 1.54) is 16.7 Å². The zero-order valence-corrected chi connectivity index (χ0v) is 10.1. The van der Waals surface area contributed by atoms with Gasteiger partial charge in [-0.1, -0.05) is 51.1 Å². The van der Waals surface area contributed by atoms with E-state index >= 15 is 0 Å². The van der Waals surface area contributed by atoms with Gasteiger partial charge in [0.1, 0.15) is 0 Å². The molecule has 1 aromatic heterocycles. The molecule has 16 heavy (non-hydrogen) atoms. The Bertz CT molecular complexity index is 466. The van der Waals surface area contributed by atoms with Crippen molar-refractivity contribution in [3.8, 4) is 11.1 Å². The van der Waals surface area contributed by atoms with Crippen molar-refractivity contribution in [1.29, 1.82) is 0 Å². The number of aromatic nitrogens is 1. The third kappa shape index (κ3) is 2.30. The zero-order chi connectivity index (χ0) is 11.6. The quantitative estimate of drug-likeness (QED) is 0.693. The average Bonchev–Trinajstić information content (AvgIpc) is 2.29. The first-order chi connectivity index (χ1) is 7.57. The van der Waals surface area contributed by atoms with Crippen LogP contribution >= 0.6 is 0 Å². The third-order valence-electron chi connectivity index (χ3n) is 2.72. The van der Waals surface area contributed by atoms with E-state index < -0.39 is 0 Å². The van der Waals surface area contributed by atoms with Gasteiger partial charge in [0.25, 0.3) is 0 Å². The van der Waals surface area contributed by atoms with Gasteiger partial charge in [-0.05, 0) is 28.2 Å². The van der Waals surface area contributed by atoms with E-state index in [4.69, 9.17) is 0 Å². The second kappa shape index (κ2) is 4.09. The molecule has 0 N–H and O–H groups in total. The highest BCUT2D eigenvalue weighted by molar-refractivity contribution is 5.63. The Labute approximate surface area is 97.2 Å². The standard InChI is InChI=1S/C15H17N/c1-15(2,3)14-8-4-6-12(10-14)13-7-5-9-16-11-13/h4-11H,1-3H3. The SMILES string of the molecule is CC(C)(C)c1cccc(-c2cccnc2)c1. The summed E-state index contributed by atoms with van der Waals surface area (Å²) in [6.45, 7) is 6.69. The minimum absolute atomic E-state index is 0.193. The molecule has 0 spiro atoms. The Hall–Kier alpha value is -1.63. The van der Waals surface area contributed by atoms with Gasteiger partial charge in [0.15, 0.2) is 0 Å². The summed E-state index contributed by atoms with van der Waals surface area (Å²) in [4.78, 5) is 4.15. The van der Waals surface area contributed by atoms with Gasteiger partial charge in [-0.2, -0.15) is 0 Å². The Morgan fingerprint density at radius 2 is 1.69 bits per heavy atom. The molecule has 0 atom stereocenters. The lowest BCUT2D eigenvalue weighted by atomic mass is 9.85.